The number of hydrogen-bond donors (Lipinski definition) is 2. The van der Waals surface area contributed by atoms with Gasteiger partial charge in [0.25, 0.3) is 0 Å². The maximum atomic E-state index is 5.62. The van der Waals surface area contributed by atoms with Crippen LogP contribution in [0.25, 0.3) is 0 Å². The molecule has 0 spiro atoms. The van der Waals surface area contributed by atoms with Gasteiger partial charge in [-0.3, -0.25) is 4.99 Å². The number of nitrogens with zero attached hydrogens (tertiary/aromatic N) is 4. The van der Waals surface area contributed by atoms with Gasteiger partial charge in [-0.25, -0.2) is 9.67 Å². The average Bonchev–Trinajstić information content (AvgIpc) is 2.98. The highest BCUT2D eigenvalue weighted by Gasteiger charge is 2.22. The summed E-state index contributed by atoms with van der Waals surface area (Å²) in [5.41, 5.74) is 0. The van der Waals surface area contributed by atoms with Gasteiger partial charge >= 0.3 is 0 Å². The number of halogens is 1. The van der Waals surface area contributed by atoms with Gasteiger partial charge in [0.15, 0.2) is 11.8 Å². The van der Waals surface area contributed by atoms with Crippen molar-refractivity contribution in [2.24, 2.45) is 10.9 Å². The van der Waals surface area contributed by atoms with Crippen LogP contribution in [0.5, 0.6) is 0 Å². The van der Waals surface area contributed by atoms with E-state index in [2.05, 4.69) is 39.6 Å². The SMILES string of the molecule is CN=C(NCCOCCC(C)C)NC1CCc2nc(COC)nn2C1.I. The van der Waals surface area contributed by atoms with E-state index in [0.29, 0.717) is 19.1 Å². The molecule has 2 rings (SSSR count). The van der Waals surface area contributed by atoms with Crippen molar-refractivity contribution in [3.8, 4) is 0 Å². The van der Waals surface area contributed by atoms with Crippen molar-refractivity contribution >= 4 is 29.9 Å². The predicted molar refractivity (Wildman–Crippen MR) is 113 cm³/mol. The standard InChI is InChI=1S/C17H32N6O2.HI/c1-13(2)7-9-25-10-8-19-17(18-3)20-14-5-6-16-21-15(12-24-4)22-23(16)11-14;/h13-14H,5-12H2,1-4H3,(H2,18,19,20);1H. The minimum Gasteiger partial charge on any atom is -0.380 e. The summed E-state index contributed by atoms with van der Waals surface area (Å²) in [5, 5.41) is 11.3. The highest BCUT2D eigenvalue weighted by molar-refractivity contribution is 14.0. The second kappa shape index (κ2) is 12.4. The van der Waals surface area contributed by atoms with Crippen molar-refractivity contribution in [2.75, 3.05) is 33.9 Å². The lowest BCUT2D eigenvalue weighted by Gasteiger charge is -2.25. The molecule has 26 heavy (non-hydrogen) atoms. The number of guanidine groups is 1. The molecule has 1 aliphatic rings. The minimum absolute atomic E-state index is 0. The van der Waals surface area contributed by atoms with Crippen LogP contribution in [0.3, 0.4) is 0 Å². The third-order valence-corrected chi connectivity index (χ3v) is 4.12. The molecular formula is C17H33IN6O2. The number of methoxy groups -OCH3 is 1. The number of nitrogens with one attached hydrogen (secondary N) is 2. The van der Waals surface area contributed by atoms with E-state index in [0.717, 1.165) is 56.6 Å². The van der Waals surface area contributed by atoms with E-state index >= 15 is 0 Å². The van der Waals surface area contributed by atoms with E-state index in [9.17, 15) is 0 Å². The fourth-order valence-corrected chi connectivity index (χ4v) is 2.72. The summed E-state index contributed by atoms with van der Waals surface area (Å²) in [6, 6.07) is 0.289. The molecule has 0 saturated heterocycles. The van der Waals surface area contributed by atoms with Crippen LogP contribution in [0.15, 0.2) is 4.99 Å². The van der Waals surface area contributed by atoms with Crippen LogP contribution in [-0.2, 0) is 29.0 Å². The monoisotopic (exact) mass is 480 g/mol. The van der Waals surface area contributed by atoms with E-state index in [1.54, 1.807) is 14.2 Å². The Morgan fingerprint density at radius 3 is 2.88 bits per heavy atom. The number of hydrogen-bond acceptors (Lipinski definition) is 5. The van der Waals surface area contributed by atoms with E-state index in [1.165, 1.54) is 0 Å². The smallest absolute Gasteiger partial charge is 0.191 e. The van der Waals surface area contributed by atoms with Gasteiger partial charge in [-0.05, 0) is 18.8 Å². The molecule has 1 atom stereocenters. The van der Waals surface area contributed by atoms with Gasteiger partial charge in [-0.2, -0.15) is 5.10 Å². The Morgan fingerprint density at radius 1 is 1.38 bits per heavy atom. The summed E-state index contributed by atoms with van der Waals surface area (Å²) >= 11 is 0. The predicted octanol–water partition coefficient (Wildman–Crippen LogP) is 1.58. The lowest BCUT2D eigenvalue weighted by atomic mass is 10.1. The Morgan fingerprint density at radius 2 is 2.19 bits per heavy atom. The Kier molecular flexibility index (Phi) is 11.1. The topological polar surface area (TPSA) is 85.6 Å². The fraction of sp³-hybridized carbons (Fsp3) is 0.824. The number of aryl methyl sites for hydroxylation is 1. The van der Waals surface area contributed by atoms with Gasteiger partial charge in [-0.15, -0.1) is 24.0 Å². The molecule has 0 bridgehead atoms. The molecule has 0 saturated carbocycles. The van der Waals surface area contributed by atoms with Crippen molar-refractivity contribution in [3.63, 3.8) is 0 Å². The first-order chi connectivity index (χ1) is 12.1. The molecule has 0 aliphatic carbocycles. The maximum absolute atomic E-state index is 5.62. The molecule has 0 amide bonds. The van der Waals surface area contributed by atoms with Crippen molar-refractivity contribution < 1.29 is 9.47 Å². The molecule has 9 heteroatoms. The molecule has 0 fully saturated rings. The number of rotatable bonds is 9. The van der Waals surface area contributed by atoms with Crippen LogP contribution >= 0.6 is 24.0 Å². The lowest BCUT2D eigenvalue weighted by molar-refractivity contribution is 0.128. The van der Waals surface area contributed by atoms with Crippen molar-refractivity contribution in [1.29, 1.82) is 0 Å². The van der Waals surface area contributed by atoms with Gasteiger partial charge in [0, 0.05) is 39.8 Å². The highest BCUT2D eigenvalue weighted by Crippen LogP contribution is 2.13. The van der Waals surface area contributed by atoms with Gasteiger partial charge in [0.05, 0.1) is 13.2 Å². The maximum Gasteiger partial charge on any atom is 0.191 e. The zero-order valence-electron chi connectivity index (χ0n) is 16.3. The van der Waals surface area contributed by atoms with Crippen molar-refractivity contribution in [1.82, 2.24) is 25.4 Å². The molecule has 0 aromatic carbocycles. The van der Waals surface area contributed by atoms with Crippen LogP contribution in [-0.4, -0.2) is 60.7 Å². The first-order valence-electron chi connectivity index (χ1n) is 9.08. The Labute approximate surface area is 173 Å². The number of aliphatic imine (C=N–C) groups is 1. The second-order valence-electron chi connectivity index (χ2n) is 6.73. The normalized spacial score (nSPS) is 17.0. The molecular weight excluding hydrogens is 447 g/mol. The molecule has 1 unspecified atom stereocenters. The van der Waals surface area contributed by atoms with Crippen LogP contribution < -0.4 is 10.6 Å². The second-order valence-corrected chi connectivity index (χ2v) is 6.73. The van der Waals surface area contributed by atoms with Crippen LogP contribution in [0.2, 0.25) is 0 Å². The van der Waals surface area contributed by atoms with Gasteiger partial charge < -0.3 is 20.1 Å². The van der Waals surface area contributed by atoms with Crippen LogP contribution in [0.1, 0.15) is 38.3 Å². The summed E-state index contributed by atoms with van der Waals surface area (Å²) < 4.78 is 12.7. The van der Waals surface area contributed by atoms with Gasteiger partial charge in [0.1, 0.15) is 12.4 Å². The fourth-order valence-electron chi connectivity index (χ4n) is 2.72. The Balaban J connectivity index is 0.00000338. The molecule has 0 radical (unpaired) electrons. The van der Waals surface area contributed by atoms with Crippen LogP contribution in [0, 0.1) is 5.92 Å². The van der Waals surface area contributed by atoms with Crippen LogP contribution in [0.4, 0.5) is 0 Å². The lowest BCUT2D eigenvalue weighted by Crippen LogP contribution is -2.47. The molecule has 8 nitrogen and oxygen atoms in total. The number of ether oxygens (including phenoxy) is 2. The summed E-state index contributed by atoms with van der Waals surface area (Å²) in [5.74, 6) is 3.27. The summed E-state index contributed by atoms with van der Waals surface area (Å²) in [4.78, 5) is 8.79. The van der Waals surface area contributed by atoms with Gasteiger partial charge in [0.2, 0.25) is 0 Å². The third kappa shape index (κ3) is 7.75. The van der Waals surface area contributed by atoms with E-state index in [-0.39, 0.29) is 30.0 Å². The quantitative estimate of drug-likeness (QED) is 0.242. The minimum atomic E-state index is 0. The average molecular weight is 480 g/mol. The molecule has 2 N–H and O–H groups in total. The molecule has 1 aromatic rings. The van der Waals surface area contributed by atoms with E-state index in [4.69, 9.17) is 9.47 Å². The van der Waals surface area contributed by atoms with Gasteiger partial charge in [-0.1, -0.05) is 13.8 Å². The third-order valence-electron chi connectivity index (χ3n) is 4.12. The highest BCUT2D eigenvalue weighted by atomic mass is 127. The van der Waals surface area contributed by atoms with Crippen molar-refractivity contribution in [2.45, 2.75) is 52.3 Å². The number of aromatic nitrogens is 3. The van der Waals surface area contributed by atoms with E-state index < -0.39 is 0 Å². The first kappa shape index (κ1) is 23.1. The summed E-state index contributed by atoms with van der Waals surface area (Å²) in [7, 11) is 3.45. The summed E-state index contributed by atoms with van der Waals surface area (Å²) in [6.07, 6.45) is 3.01. The Bertz CT molecular complexity index is 549. The summed E-state index contributed by atoms with van der Waals surface area (Å²) in [6.45, 7) is 7.90. The zero-order chi connectivity index (χ0) is 18.1. The zero-order valence-corrected chi connectivity index (χ0v) is 18.7. The molecule has 150 valence electrons. The molecule has 1 aliphatic heterocycles. The number of fused-ring (bicyclic) bond motifs is 1. The Hall–Kier alpha value is -0.940. The largest absolute Gasteiger partial charge is 0.380 e. The molecule has 2 heterocycles. The van der Waals surface area contributed by atoms with Crippen molar-refractivity contribution in [3.05, 3.63) is 11.6 Å². The molecule has 1 aromatic heterocycles. The first-order valence-corrected chi connectivity index (χ1v) is 9.08. The van der Waals surface area contributed by atoms with E-state index in [1.807, 2.05) is 4.68 Å².